The summed E-state index contributed by atoms with van der Waals surface area (Å²) in [5.74, 6) is -6.21. The predicted octanol–water partition coefficient (Wildman–Crippen LogP) is 5.43. The van der Waals surface area contributed by atoms with E-state index in [0.717, 1.165) is 4.68 Å². The molecule has 3 aromatic rings. The van der Waals surface area contributed by atoms with Crippen molar-refractivity contribution < 1.29 is 51.3 Å². The SMILES string of the molecule is Cc1cc(OC2CC(F)(F)C2)cc(CC(=O)Nc2ccc(C(C[C@@H](F)Cn3cc(C(=O)OC(C)(C)C)nn3)(C(=O)OC(C)(C)C)C(=O)OC(C)(C)C)nn2)n1. The van der Waals surface area contributed by atoms with Crippen LogP contribution < -0.4 is 10.1 Å². The molecule has 1 fully saturated rings. The van der Waals surface area contributed by atoms with Crippen LogP contribution in [0.25, 0.3) is 0 Å². The largest absolute Gasteiger partial charge is 0.490 e. The highest BCUT2D eigenvalue weighted by molar-refractivity contribution is 6.06. The number of esters is 3. The molecule has 1 aliphatic carbocycles. The molecule has 4 rings (SSSR count). The van der Waals surface area contributed by atoms with Gasteiger partial charge in [0.1, 0.15) is 34.8 Å². The molecular formula is C37H48F3N7O8. The lowest BCUT2D eigenvalue weighted by Crippen LogP contribution is -2.52. The molecule has 1 aliphatic rings. The van der Waals surface area contributed by atoms with Crippen LogP contribution in [0, 0.1) is 6.92 Å². The van der Waals surface area contributed by atoms with Gasteiger partial charge in [-0.2, -0.15) is 5.10 Å². The Kier molecular flexibility index (Phi) is 12.3. The maximum atomic E-state index is 16.2. The molecule has 1 N–H and O–H groups in total. The number of hydrogen-bond donors (Lipinski definition) is 1. The lowest BCUT2D eigenvalue weighted by atomic mass is 9.78. The van der Waals surface area contributed by atoms with Gasteiger partial charge in [-0.1, -0.05) is 5.21 Å². The molecule has 55 heavy (non-hydrogen) atoms. The van der Waals surface area contributed by atoms with Gasteiger partial charge >= 0.3 is 17.9 Å². The van der Waals surface area contributed by atoms with E-state index in [1.165, 1.54) is 24.4 Å². The first-order chi connectivity index (χ1) is 25.2. The van der Waals surface area contributed by atoms with Crippen molar-refractivity contribution in [3.05, 3.63) is 53.2 Å². The lowest BCUT2D eigenvalue weighted by Gasteiger charge is -2.35. The van der Waals surface area contributed by atoms with E-state index in [-0.39, 0.29) is 23.6 Å². The highest BCUT2D eigenvalue weighted by Crippen LogP contribution is 2.40. The van der Waals surface area contributed by atoms with E-state index in [1.807, 2.05) is 0 Å². The quantitative estimate of drug-likeness (QED) is 0.132. The molecular weight excluding hydrogens is 727 g/mol. The summed E-state index contributed by atoms with van der Waals surface area (Å²) in [6.07, 6.45) is -3.35. The van der Waals surface area contributed by atoms with Gasteiger partial charge in [-0.3, -0.25) is 19.4 Å². The van der Waals surface area contributed by atoms with E-state index in [0.29, 0.717) is 17.1 Å². The molecule has 0 saturated heterocycles. The second-order valence-corrected chi connectivity index (χ2v) is 16.5. The summed E-state index contributed by atoms with van der Waals surface area (Å²) in [5.41, 5.74) is -5.28. The highest BCUT2D eigenvalue weighted by atomic mass is 19.3. The number of hydrogen-bond acceptors (Lipinski definition) is 13. The zero-order chi connectivity index (χ0) is 41.1. The van der Waals surface area contributed by atoms with Crippen molar-refractivity contribution in [1.29, 1.82) is 0 Å². The molecule has 0 unspecified atom stereocenters. The number of aryl methyl sites for hydroxylation is 1. The molecule has 0 aliphatic heterocycles. The number of ether oxygens (including phenoxy) is 4. The molecule has 3 aromatic heterocycles. The van der Waals surface area contributed by atoms with Gasteiger partial charge in [0.15, 0.2) is 11.5 Å². The van der Waals surface area contributed by atoms with E-state index in [2.05, 4.69) is 30.8 Å². The van der Waals surface area contributed by atoms with Crippen molar-refractivity contribution in [2.45, 2.75) is 142 Å². The van der Waals surface area contributed by atoms with Crippen LogP contribution in [0.1, 0.15) is 109 Å². The van der Waals surface area contributed by atoms with Crippen LogP contribution >= 0.6 is 0 Å². The van der Waals surface area contributed by atoms with Crippen LogP contribution in [-0.2, 0) is 47.0 Å². The van der Waals surface area contributed by atoms with Crippen LogP contribution in [0.3, 0.4) is 0 Å². The summed E-state index contributed by atoms with van der Waals surface area (Å²) in [7, 11) is 0. The van der Waals surface area contributed by atoms with Crippen molar-refractivity contribution in [2.24, 2.45) is 0 Å². The van der Waals surface area contributed by atoms with Crippen molar-refractivity contribution >= 4 is 29.6 Å². The summed E-state index contributed by atoms with van der Waals surface area (Å²) in [4.78, 5) is 58.0. The van der Waals surface area contributed by atoms with Crippen molar-refractivity contribution in [3.8, 4) is 5.75 Å². The van der Waals surface area contributed by atoms with Gasteiger partial charge in [-0.25, -0.2) is 22.6 Å². The average Bonchev–Trinajstić information content (AvgIpc) is 3.45. The van der Waals surface area contributed by atoms with Gasteiger partial charge in [0.05, 0.1) is 30.6 Å². The number of aromatic nitrogens is 6. The number of pyridine rings is 1. The fourth-order valence-electron chi connectivity index (χ4n) is 5.43. The van der Waals surface area contributed by atoms with Gasteiger partial charge in [0, 0.05) is 37.1 Å². The van der Waals surface area contributed by atoms with Crippen molar-refractivity contribution in [3.63, 3.8) is 0 Å². The molecule has 1 saturated carbocycles. The van der Waals surface area contributed by atoms with E-state index >= 15 is 4.39 Å². The number of alkyl halides is 3. The Morgan fingerprint density at radius 1 is 0.891 bits per heavy atom. The van der Waals surface area contributed by atoms with Gasteiger partial charge in [-0.05, 0) is 81.4 Å². The van der Waals surface area contributed by atoms with Gasteiger partial charge in [0.2, 0.25) is 11.3 Å². The van der Waals surface area contributed by atoms with E-state index in [9.17, 15) is 28.0 Å². The number of carbonyl (C=O) groups is 4. The molecule has 0 radical (unpaired) electrons. The normalized spacial score (nSPS) is 15.4. The zero-order valence-electron chi connectivity index (χ0n) is 32.7. The fourth-order valence-corrected chi connectivity index (χ4v) is 5.43. The van der Waals surface area contributed by atoms with Crippen molar-refractivity contribution in [1.82, 2.24) is 30.2 Å². The molecule has 0 aromatic carbocycles. The molecule has 0 bridgehead atoms. The summed E-state index contributed by atoms with van der Waals surface area (Å²) in [5, 5.41) is 18.2. The maximum Gasteiger partial charge on any atom is 0.361 e. The zero-order valence-corrected chi connectivity index (χ0v) is 32.7. The third kappa shape index (κ3) is 12.2. The molecule has 300 valence electrons. The third-order valence-corrected chi connectivity index (χ3v) is 7.60. The molecule has 3 heterocycles. The standard InChI is InChI=1S/C37H48F3N7O8/c1-21-13-24(52-25-17-36(39,40)18-25)14-23(41-21)15-29(48)42-28-12-11-27(44-45-28)37(31(50)54-34(5,6)7,32(51)55-35(8,9)10)16-22(38)19-47-20-26(43-46-47)30(49)53-33(2,3)4/h11-14,20,22,25H,15-19H2,1-10H3,(H,42,45,48)/t22-/m1/s1. The van der Waals surface area contributed by atoms with Crippen molar-refractivity contribution in [2.75, 3.05) is 5.32 Å². The van der Waals surface area contributed by atoms with Gasteiger partial charge < -0.3 is 24.3 Å². The summed E-state index contributed by atoms with van der Waals surface area (Å²) >= 11 is 0. The van der Waals surface area contributed by atoms with Crippen LogP contribution in [0.5, 0.6) is 5.75 Å². The number of nitrogens with zero attached hydrogens (tertiary/aromatic N) is 6. The number of halogens is 3. The Balaban J connectivity index is 1.59. The number of rotatable bonds is 13. The Morgan fingerprint density at radius 3 is 2.02 bits per heavy atom. The maximum absolute atomic E-state index is 16.2. The summed E-state index contributed by atoms with van der Waals surface area (Å²) in [6.45, 7) is 15.6. The van der Waals surface area contributed by atoms with Crippen LogP contribution in [0.15, 0.2) is 30.5 Å². The number of amides is 1. The molecule has 1 amide bonds. The monoisotopic (exact) mass is 775 g/mol. The lowest BCUT2D eigenvalue weighted by molar-refractivity contribution is -0.179. The third-order valence-electron chi connectivity index (χ3n) is 7.60. The minimum Gasteiger partial charge on any atom is -0.490 e. The summed E-state index contributed by atoms with van der Waals surface area (Å²) < 4.78 is 66.1. The van der Waals surface area contributed by atoms with E-state index < -0.39 is 90.0 Å². The second kappa shape index (κ2) is 15.9. The van der Waals surface area contributed by atoms with Crippen LogP contribution in [-0.4, -0.2) is 89.0 Å². The first kappa shape index (κ1) is 42.6. The Bertz CT molecular complexity index is 1850. The summed E-state index contributed by atoms with van der Waals surface area (Å²) in [6, 6.07) is 5.57. The number of nitrogens with one attached hydrogen (secondary N) is 1. The Hall–Kier alpha value is -5.16. The Labute approximate surface area is 317 Å². The average molecular weight is 776 g/mol. The molecule has 15 nitrogen and oxygen atoms in total. The molecule has 18 heteroatoms. The smallest absolute Gasteiger partial charge is 0.361 e. The first-order valence-electron chi connectivity index (χ1n) is 17.6. The fraction of sp³-hybridized carbons (Fsp3) is 0.595. The van der Waals surface area contributed by atoms with E-state index in [1.54, 1.807) is 75.3 Å². The van der Waals surface area contributed by atoms with Gasteiger partial charge in [0.25, 0.3) is 5.92 Å². The predicted molar refractivity (Wildman–Crippen MR) is 190 cm³/mol. The highest BCUT2D eigenvalue weighted by Gasteiger charge is 2.56. The minimum absolute atomic E-state index is 0.0778. The second-order valence-electron chi connectivity index (χ2n) is 16.5. The van der Waals surface area contributed by atoms with E-state index in [4.69, 9.17) is 18.9 Å². The van der Waals surface area contributed by atoms with Crippen LogP contribution in [0.2, 0.25) is 0 Å². The topological polar surface area (TPSA) is 187 Å². The first-order valence-corrected chi connectivity index (χ1v) is 17.6. The number of carbonyl (C=O) groups excluding carboxylic acids is 4. The number of anilines is 1. The minimum atomic E-state index is -2.76. The Morgan fingerprint density at radius 2 is 1.49 bits per heavy atom. The molecule has 1 atom stereocenters. The van der Waals surface area contributed by atoms with Crippen LogP contribution in [0.4, 0.5) is 19.0 Å². The molecule has 0 spiro atoms. The van der Waals surface area contributed by atoms with Gasteiger partial charge in [-0.15, -0.1) is 10.2 Å².